The van der Waals surface area contributed by atoms with Gasteiger partial charge in [0.1, 0.15) is 5.75 Å². The van der Waals surface area contributed by atoms with Crippen molar-refractivity contribution in [2.24, 2.45) is 5.92 Å². The Morgan fingerprint density at radius 3 is 2.64 bits per heavy atom. The van der Waals surface area contributed by atoms with Crippen LogP contribution in [0.25, 0.3) is 10.9 Å². The number of halogens is 1. The Balaban J connectivity index is 1.44. The highest BCUT2D eigenvalue weighted by atomic mass is 35.5. The largest absolute Gasteiger partial charge is 0.492 e. The van der Waals surface area contributed by atoms with Crippen LogP contribution in [0.15, 0.2) is 42.6 Å². The van der Waals surface area contributed by atoms with Crippen LogP contribution in [0.3, 0.4) is 0 Å². The molecular weight excluding hydrogens is 444 g/mol. The average Bonchev–Trinajstić information content (AvgIpc) is 3.20. The number of hydrogen-bond acceptors (Lipinski definition) is 5. The van der Waals surface area contributed by atoms with E-state index in [2.05, 4.69) is 10.4 Å². The molecular formula is C24H27ClN4O4. The lowest BCUT2D eigenvalue weighted by atomic mass is 9.99. The third-order valence-electron chi connectivity index (χ3n) is 5.59. The van der Waals surface area contributed by atoms with Crippen molar-refractivity contribution in [1.29, 1.82) is 0 Å². The fourth-order valence-corrected chi connectivity index (χ4v) is 4.07. The van der Waals surface area contributed by atoms with Gasteiger partial charge in [0.25, 0.3) is 11.8 Å². The lowest BCUT2D eigenvalue weighted by Crippen LogP contribution is -2.51. The fraction of sp³-hybridized carbons (Fsp3) is 0.375. The summed E-state index contributed by atoms with van der Waals surface area (Å²) in [4.78, 5) is 27.0. The zero-order chi connectivity index (χ0) is 23.4. The second-order valence-corrected chi connectivity index (χ2v) is 8.43. The lowest BCUT2D eigenvalue weighted by molar-refractivity contribution is 0.0462. The summed E-state index contributed by atoms with van der Waals surface area (Å²) in [6.07, 6.45) is 1.91. The molecule has 2 amide bonds. The van der Waals surface area contributed by atoms with Gasteiger partial charge in [-0.25, -0.2) is 0 Å². The van der Waals surface area contributed by atoms with Gasteiger partial charge in [-0.1, -0.05) is 11.6 Å². The monoisotopic (exact) mass is 470 g/mol. The molecule has 3 aromatic rings. The van der Waals surface area contributed by atoms with Gasteiger partial charge in [-0.05, 0) is 43.3 Å². The van der Waals surface area contributed by atoms with E-state index in [9.17, 15) is 9.59 Å². The summed E-state index contributed by atoms with van der Waals surface area (Å²) in [6, 6.07) is 10.5. The average molecular weight is 471 g/mol. The van der Waals surface area contributed by atoms with Gasteiger partial charge in [0, 0.05) is 56.0 Å². The molecule has 0 atom stereocenters. The van der Waals surface area contributed by atoms with Crippen molar-refractivity contribution in [2.75, 3.05) is 40.0 Å². The Bertz CT molecular complexity index is 1140. The highest BCUT2D eigenvalue weighted by Crippen LogP contribution is 2.30. The maximum Gasteiger partial charge on any atom is 0.255 e. The molecule has 4 rings (SSSR count). The number of amides is 2. The van der Waals surface area contributed by atoms with Crippen molar-refractivity contribution in [2.45, 2.75) is 13.5 Å². The minimum absolute atomic E-state index is 0.0105. The van der Waals surface area contributed by atoms with Gasteiger partial charge in [0.2, 0.25) is 0 Å². The smallest absolute Gasteiger partial charge is 0.255 e. The summed E-state index contributed by atoms with van der Waals surface area (Å²) >= 11 is 5.91. The molecule has 1 aliphatic heterocycles. The molecule has 1 aliphatic rings. The first kappa shape index (κ1) is 23.1. The number of nitrogens with one attached hydrogen (secondary N) is 1. The van der Waals surface area contributed by atoms with E-state index in [0.717, 1.165) is 10.9 Å². The van der Waals surface area contributed by atoms with Crippen molar-refractivity contribution in [1.82, 2.24) is 20.0 Å². The molecule has 9 heteroatoms. The van der Waals surface area contributed by atoms with Crippen molar-refractivity contribution in [3.05, 3.63) is 58.7 Å². The Morgan fingerprint density at radius 2 is 1.94 bits per heavy atom. The topological polar surface area (TPSA) is 85.7 Å². The first-order valence-corrected chi connectivity index (χ1v) is 11.3. The van der Waals surface area contributed by atoms with E-state index in [0.29, 0.717) is 67.2 Å². The molecule has 0 unspecified atom stereocenters. The van der Waals surface area contributed by atoms with Crippen LogP contribution < -0.4 is 10.1 Å². The Hall–Kier alpha value is -3.10. The van der Waals surface area contributed by atoms with Gasteiger partial charge in [-0.3, -0.25) is 14.3 Å². The lowest BCUT2D eigenvalue weighted by Gasteiger charge is -2.39. The quantitative estimate of drug-likeness (QED) is 0.485. The van der Waals surface area contributed by atoms with Crippen molar-refractivity contribution >= 4 is 34.3 Å². The normalized spacial score (nSPS) is 13.7. The second kappa shape index (κ2) is 10.2. The van der Waals surface area contributed by atoms with E-state index in [-0.39, 0.29) is 11.8 Å². The SMILES string of the molecule is CCOc1c(C(=O)NCCOC)ccc2nn(CC3CN(C(=O)c4ccc(Cl)cc4)C3)cc12. The van der Waals surface area contributed by atoms with E-state index in [1.54, 1.807) is 37.4 Å². The standard InChI is InChI=1S/C24H27ClN4O4/c1-3-33-22-19(23(30)26-10-11-32-2)8-9-21-20(22)15-29(27-21)14-16-12-28(13-16)24(31)17-4-6-18(25)7-5-17/h4-9,15-16H,3,10-14H2,1-2H3,(H,26,30). The van der Waals surface area contributed by atoms with E-state index >= 15 is 0 Å². The number of likely N-dealkylation sites (tertiary alicyclic amines) is 1. The van der Waals surface area contributed by atoms with Gasteiger partial charge in [0.15, 0.2) is 0 Å². The number of benzene rings is 2. The molecule has 0 bridgehead atoms. The van der Waals surface area contributed by atoms with Gasteiger partial charge < -0.3 is 19.7 Å². The molecule has 1 aromatic heterocycles. The van der Waals surface area contributed by atoms with Crippen molar-refractivity contribution < 1.29 is 19.1 Å². The van der Waals surface area contributed by atoms with Crippen LogP contribution in [0.5, 0.6) is 5.75 Å². The number of methoxy groups -OCH3 is 1. The maximum absolute atomic E-state index is 12.6. The first-order chi connectivity index (χ1) is 16.0. The number of aromatic nitrogens is 2. The summed E-state index contributed by atoms with van der Waals surface area (Å²) in [6.45, 7) is 5.20. The molecule has 1 N–H and O–H groups in total. The fourth-order valence-electron chi connectivity index (χ4n) is 3.94. The van der Waals surface area contributed by atoms with Gasteiger partial charge >= 0.3 is 0 Å². The Labute approximate surface area is 197 Å². The molecule has 2 aromatic carbocycles. The predicted molar refractivity (Wildman–Crippen MR) is 126 cm³/mol. The minimum Gasteiger partial charge on any atom is -0.492 e. The number of hydrogen-bond donors (Lipinski definition) is 1. The van der Waals surface area contributed by atoms with Gasteiger partial charge in [-0.15, -0.1) is 0 Å². The van der Waals surface area contributed by atoms with E-state index in [4.69, 9.17) is 21.1 Å². The number of fused-ring (bicyclic) bond motifs is 1. The number of ether oxygens (including phenoxy) is 2. The van der Waals surface area contributed by atoms with Crippen LogP contribution in [-0.2, 0) is 11.3 Å². The number of rotatable bonds is 9. The zero-order valence-corrected chi connectivity index (χ0v) is 19.5. The van der Waals surface area contributed by atoms with Crippen LogP contribution in [0, 0.1) is 5.92 Å². The molecule has 174 valence electrons. The third-order valence-corrected chi connectivity index (χ3v) is 5.85. The molecule has 2 heterocycles. The number of carbonyl (C=O) groups excluding carboxylic acids is 2. The van der Waals surface area contributed by atoms with Crippen LogP contribution in [0.2, 0.25) is 5.02 Å². The van der Waals surface area contributed by atoms with Crippen LogP contribution >= 0.6 is 11.6 Å². The molecule has 8 nitrogen and oxygen atoms in total. The Kier molecular flexibility index (Phi) is 7.15. The number of carbonyl (C=O) groups is 2. The van der Waals surface area contributed by atoms with Gasteiger partial charge in [-0.2, -0.15) is 5.10 Å². The molecule has 0 radical (unpaired) electrons. The van der Waals surface area contributed by atoms with Crippen molar-refractivity contribution in [3.8, 4) is 5.75 Å². The predicted octanol–water partition coefficient (Wildman–Crippen LogP) is 3.24. The van der Waals surface area contributed by atoms with Crippen LogP contribution in [0.4, 0.5) is 0 Å². The van der Waals surface area contributed by atoms with E-state index < -0.39 is 0 Å². The first-order valence-electron chi connectivity index (χ1n) is 10.9. The zero-order valence-electron chi connectivity index (χ0n) is 18.7. The summed E-state index contributed by atoms with van der Waals surface area (Å²) in [5.41, 5.74) is 1.88. The van der Waals surface area contributed by atoms with Crippen molar-refractivity contribution in [3.63, 3.8) is 0 Å². The number of nitrogens with zero attached hydrogens (tertiary/aromatic N) is 3. The van der Waals surface area contributed by atoms with Crippen LogP contribution in [0.1, 0.15) is 27.6 Å². The highest BCUT2D eigenvalue weighted by molar-refractivity contribution is 6.30. The van der Waals surface area contributed by atoms with Gasteiger partial charge in [0.05, 0.1) is 29.7 Å². The summed E-state index contributed by atoms with van der Waals surface area (Å²) < 4.78 is 12.7. The summed E-state index contributed by atoms with van der Waals surface area (Å²) in [5.74, 6) is 0.643. The van der Waals surface area contributed by atoms with Crippen LogP contribution in [-0.4, -0.2) is 66.5 Å². The second-order valence-electron chi connectivity index (χ2n) is 7.99. The molecule has 1 saturated heterocycles. The maximum atomic E-state index is 12.6. The minimum atomic E-state index is -0.208. The van der Waals surface area contributed by atoms with E-state index in [1.165, 1.54) is 0 Å². The Morgan fingerprint density at radius 1 is 1.18 bits per heavy atom. The molecule has 1 fully saturated rings. The third kappa shape index (κ3) is 5.12. The molecule has 0 saturated carbocycles. The summed E-state index contributed by atoms with van der Waals surface area (Å²) in [5, 5.41) is 8.90. The highest BCUT2D eigenvalue weighted by Gasteiger charge is 2.31. The molecule has 0 spiro atoms. The molecule has 0 aliphatic carbocycles. The summed E-state index contributed by atoms with van der Waals surface area (Å²) in [7, 11) is 1.59. The van der Waals surface area contributed by atoms with E-state index in [1.807, 2.05) is 28.8 Å². The molecule has 33 heavy (non-hydrogen) atoms.